The molecular weight excluding hydrogens is 248 g/mol. The molecule has 1 heterocycles. The van der Waals surface area contributed by atoms with Crippen molar-refractivity contribution in [2.75, 3.05) is 13.6 Å². The molecule has 1 aromatic rings. The zero-order valence-corrected chi connectivity index (χ0v) is 11.2. The van der Waals surface area contributed by atoms with Crippen LogP contribution in [0.15, 0.2) is 11.4 Å². The topological polar surface area (TPSA) is 64.3 Å². The lowest BCUT2D eigenvalue weighted by molar-refractivity contribution is 0.0158. The second-order valence-electron chi connectivity index (χ2n) is 4.87. The minimum absolute atomic E-state index is 0.179. The summed E-state index contributed by atoms with van der Waals surface area (Å²) in [5, 5.41) is 20.9. The van der Waals surface area contributed by atoms with E-state index in [4.69, 9.17) is 5.26 Å². The average Bonchev–Trinajstić information content (AvgIpc) is 2.96. The molecule has 0 saturated heterocycles. The van der Waals surface area contributed by atoms with Crippen molar-refractivity contribution in [3.05, 3.63) is 21.9 Å². The number of amides is 1. The molecule has 1 aliphatic rings. The summed E-state index contributed by atoms with van der Waals surface area (Å²) in [7, 11) is 1.68. The molecule has 0 unspecified atom stereocenters. The van der Waals surface area contributed by atoms with Gasteiger partial charge in [-0.1, -0.05) is 12.8 Å². The van der Waals surface area contributed by atoms with Gasteiger partial charge in [-0.15, -0.1) is 11.3 Å². The van der Waals surface area contributed by atoms with E-state index in [0.29, 0.717) is 17.0 Å². The molecule has 0 spiro atoms. The summed E-state index contributed by atoms with van der Waals surface area (Å²) in [4.78, 5) is 14.2. The predicted molar refractivity (Wildman–Crippen MR) is 69.4 cm³/mol. The number of nitrogens with zero attached hydrogens (tertiary/aromatic N) is 2. The molecule has 96 valence electrons. The molecule has 18 heavy (non-hydrogen) atoms. The molecule has 0 bridgehead atoms. The Morgan fingerprint density at radius 1 is 1.61 bits per heavy atom. The van der Waals surface area contributed by atoms with Crippen molar-refractivity contribution in [3.8, 4) is 6.07 Å². The molecule has 0 aliphatic heterocycles. The molecule has 0 atom stereocenters. The molecule has 1 saturated carbocycles. The minimum atomic E-state index is -0.742. The quantitative estimate of drug-likeness (QED) is 0.908. The van der Waals surface area contributed by atoms with Crippen LogP contribution >= 0.6 is 11.3 Å². The van der Waals surface area contributed by atoms with Crippen LogP contribution in [0.25, 0.3) is 0 Å². The summed E-state index contributed by atoms with van der Waals surface area (Å²) in [6, 6.07) is 3.66. The summed E-state index contributed by atoms with van der Waals surface area (Å²) in [5.41, 5.74) is -0.329. The molecule has 1 amide bonds. The Hall–Kier alpha value is -1.38. The SMILES string of the molecule is CN(CC1(O)CCCC1)C(=O)c1sccc1C#N. The molecule has 0 aromatic carbocycles. The van der Waals surface area contributed by atoms with Crippen molar-refractivity contribution in [3.63, 3.8) is 0 Å². The highest BCUT2D eigenvalue weighted by molar-refractivity contribution is 7.12. The number of nitriles is 1. The van der Waals surface area contributed by atoms with Crippen LogP contribution in [0.1, 0.15) is 40.9 Å². The summed E-state index contributed by atoms with van der Waals surface area (Å²) < 4.78 is 0. The van der Waals surface area contributed by atoms with Gasteiger partial charge in [-0.2, -0.15) is 5.26 Å². The molecule has 1 aromatic heterocycles. The molecule has 1 N–H and O–H groups in total. The monoisotopic (exact) mass is 264 g/mol. The fourth-order valence-electron chi connectivity index (χ4n) is 2.44. The van der Waals surface area contributed by atoms with Gasteiger partial charge in [0.05, 0.1) is 11.2 Å². The lowest BCUT2D eigenvalue weighted by Crippen LogP contribution is -2.42. The van der Waals surface area contributed by atoms with Crippen LogP contribution in [-0.4, -0.2) is 35.1 Å². The Morgan fingerprint density at radius 2 is 2.28 bits per heavy atom. The third kappa shape index (κ3) is 2.55. The highest BCUT2D eigenvalue weighted by Crippen LogP contribution is 2.30. The fraction of sp³-hybridized carbons (Fsp3) is 0.538. The largest absolute Gasteiger partial charge is 0.388 e. The van der Waals surface area contributed by atoms with E-state index in [-0.39, 0.29) is 5.91 Å². The maximum absolute atomic E-state index is 12.2. The Balaban J connectivity index is 2.08. The Morgan fingerprint density at radius 3 is 2.89 bits per heavy atom. The first-order valence-electron chi connectivity index (χ1n) is 6.01. The maximum Gasteiger partial charge on any atom is 0.265 e. The lowest BCUT2D eigenvalue weighted by Gasteiger charge is -2.28. The van der Waals surface area contributed by atoms with Crippen LogP contribution in [0, 0.1) is 11.3 Å². The molecule has 2 rings (SSSR count). The number of carbonyl (C=O) groups is 1. The lowest BCUT2D eigenvalue weighted by atomic mass is 10.0. The van der Waals surface area contributed by atoms with Crippen molar-refractivity contribution in [2.24, 2.45) is 0 Å². The van der Waals surface area contributed by atoms with Crippen LogP contribution in [-0.2, 0) is 0 Å². The van der Waals surface area contributed by atoms with E-state index < -0.39 is 5.60 Å². The maximum atomic E-state index is 12.2. The van der Waals surface area contributed by atoms with Crippen LogP contribution in [0.3, 0.4) is 0 Å². The van der Waals surface area contributed by atoms with Gasteiger partial charge in [0, 0.05) is 13.6 Å². The highest BCUT2D eigenvalue weighted by Gasteiger charge is 2.34. The van der Waals surface area contributed by atoms with Gasteiger partial charge >= 0.3 is 0 Å². The normalized spacial score (nSPS) is 17.4. The number of hydrogen-bond acceptors (Lipinski definition) is 4. The number of likely N-dealkylation sites (N-methyl/N-ethyl adjacent to an activating group) is 1. The predicted octanol–water partition coefficient (Wildman–Crippen LogP) is 2.00. The van der Waals surface area contributed by atoms with Crippen molar-refractivity contribution in [1.29, 1.82) is 5.26 Å². The fourth-order valence-corrected chi connectivity index (χ4v) is 3.28. The number of rotatable bonds is 3. The van der Waals surface area contributed by atoms with E-state index in [9.17, 15) is 9.90 Å². The van der Waals surface area contributed by atoms with E-state index in [1.807, 2.05) is 6.07 Å². The summed E-state index contributed by atoms with van der Waals surface area (Å²) in [6.45, 7) is 0.342. The zero-order chi connectivity index (χ0) is 13.2. The van der Waals surface area contributed by atoms with Crippen LogP contribution in [0.2, 0.25) is 0 Å². The minimum Gasteiger partial charge on any atom is -0.388 e. The molecule has 4 nitrogen and oxygen atoms in total. The first-order valence-corrected chi connectivity index (χ1v) is 6.89. The van der Waals surface area contributed by atoms with Crippen LogP contribution < -0.4 is 0 Å². The molecule has 0 radical (unpaired) electrons. The molecule has 1 aliphatic carbocycles. The van der Waals surface area contributed by atoms with Gasteiger partial charge in [-0.25, -0.2) is 0 Å². The van der Waals surface area contributed by atoms with Gasteiger partial charge < -0.3 is 10.0 Å². The number of hydrogen-bond donors (Lipinski definition) is 1. The average molecular weight is 264 g/mol. The Kier molecular flexibility index (Phi) is 3.69. The number of thiophene rings is 1. The second-order valence-corrected chi connectivity index (χ2v) is 5.78. The van der Waals surface area contributed by atoms with Crippen molar-refractivity contribution < 1.29 is 9.90 Å². The first kappa shape index (κ1) is 13.1. The number of aliphatic hydroxyl groups is 1. The van der Waals surface area contributed by atoms with Crippen LogP contribution in [0.5, 0.6) is 0 Å². The third-order valence-electron chi connectivity index (χ3n) is 3.39. The highest BCUT2D eigenvalue weighted by atomic mass is 32.1. The third-order valence-corrected chi connectivity index (χ3v) is 4.29. The number of carbonyl (C=O) groups excluding carboxylic acids is 1. The van der Waals surface area contributed by atoms with Gasteiger partial charge in [0.15, 0.2) is 0 Å². The van der Waals surface area contributed by atoms with Crippen molar-refractivity contribution >= 4 is 17.2 Å². The van der Waals surface area contributed by atoms with Gasteiger partial charge in [-0.05, 0) is 24.3 Å². The smallest absolute Gasteiger partial charge is 0.265 e. The van der Waals surface area contributed by atoms with Gasteiger partial charge in [0.1, 0.15) is 10.9 Å². The zero-order valence-electron chi connectivity index (χ0n) is 10.3. The molecule has 1 fully saturated rings. The van der Waals surface area contributed by atoms with Gasteiger partial charge in [-0.3, -0.25) is 4.79 Å². The van der Waals surface area contributed by atoms with E-state index in [2.05, 4.69) is 0 Å². The molecular formula is C13H16N2O2S. The van der Waals surface area contributed by atoms with E-state index in [1.165, 1.54) is 16.2 Å². The standard InChI is InChI=1S/C13H16N2O2S/c1-15(9-13(17)5-2-3-6-13)12(16)11-10(8-14)4-7-18-11/h4,7,17H,2-3,5-6,9H2,1H3. The molecule has 5 heteroatoms. The van der Waals surface area contributed by atoms with Gasteiger partial charge in [0.2, 0.25) is 0 Å². The van der Waals surface area contributed by atoms with Crippen molar-refractivity contribution in [2.45, 2.75) is 31.3 Å². The Bertz CT molecular complexity index is 483. The summed E-state index contributed by atoms with van der Waals surface area (Å²) in [6.07, 6.45) is 3.53. The van der Waals surface area contributed by atoms with Crippen molar-refractivity contribution in [1.82, 2.24) is 4.90 Å². The Labute approximate surface area is 110 Å². The van der Waals surface area contributed by atoms with Gasteiger partial charge in [0.25, 0.3) is 5.91 Å². The van der Waals surface area contributed by atoms with E-state index in [0.717, 1.165) is 25.7 Å². The van der Waals surface area contributed by atoms with E-state index in [1.54, 1.807) is 18.5 Å². The van der Waals surface area contributed by atoms with E-state index >= 15 is 0 Å². The summed E-state index contributed by atoms with van der Waals surface area (Å²) in [5.74, 6) is -0.179. The second kappa shape index (κ2) is 5.09. The van der Waals surface area contributed by atoms with Crippen LogP contribution in [0.4, 0.5) is 0 Å². The first-order chi connectivity index (χ1) is 8.56. The summed E-state index contributed by atoms with van der Waals surface area (Å²) >= 11 is 1.27.